The maximum absolute atomic E-state index is 14.2. The highest BCUT2D eigenvalue weighted by molar-refractivity contribution is 6.31. The second kappa shape index (κ2) is 21.2. The summed E-state index contributed by atoms with van der Waals surface area (Å²) in [7, 11) is 0. The van der Waals surface area contributed by atoms with Crippen LogP contribution < -0.4 is 19.7 Å². The number of rotatable bonds is 23. The summed E-state index contributed by atoms with van der Waals surface area (Å²) >= 11 is 6.38. The van der Waals surface area contributed by atoms with E-state index in [0.29, 0.717) is 41.8 Å². The number of para-hydroxylation sites is 1. The molecule has 0 radical (unpaired) electrons. The zero-order valence-corrected chi connectivity index (χ0v) is 32.1. The van der Waals surface area contributed by atoms with Crippen LogP contribution >= 0.6 is 11.6 Å². The number of carbonyl (C=O) groups excluding carboxylic acids is 2. The van der Waals surface area contributed by atoms with E-state index < -0.39 is 23.8 Å². The van der Waals surface area contributed by atoms with E-state index in [1.165, 1.54) is 112 Å². The Hall–Kier alpha value is -4.83. The van der Waals surface area contributed by atoms with Gasteiger partial charge >= 0.3 is 5.97 Å². The summed E-state index contributed by atoms with van der Waals surface area (Å²) in [5.74, 6) is -1.01. The number of amides is 2. The molecule has 10 nitrogen and oxygen atoms in total. The standard InChI is InChI=1S/C43H53ClN4O6/c1-2-3-4-5-6-7-8-9-10-11-12-13-14-17-28-53-39-25-22-34(44)29-37(39)46-41(49)40(42(50)47-27-26-32-18-15-16-19-38(32)47)48-31-36(30-45-48)54-35-23-20-33(21-24-35)43(51)52/h15-16,18-25,29-31,40H,2-14,17,26-28H2,1H3,(H,46,49)(H,51,52). The minimum atomic E-state index is -1.39. The van der Waals surface area contributed by atoms with Gasteiger partial charge < -0.3 is 24.8 Å². The number of nitrogens with one attached hydrogen (secondary N) is 1. The highest BCUT2D eigenvalue weighted by Crippen LogP contribution is 2.33. The Kier molecular flexibility index (Phi) is 15.8. The monoisotopic (exact) mass is 756 g/mol. The molecule has 3 aromatic carbocycles. The number of halogens is 1. The van der Waals surface area contributed by atoms with Gasteiger partial charge in [-0.15, -0.1) is 0 Å². The topological polar surface area (TPSA) is 123 Å². The Morgan fingerprint density at radius 3 is 2.15 bits per heavy atom. The fourth-order valence-corrected chi connectivity index (χ4v) is 6.95. The first-order chi connectivity index (χ1) is 26.3. The van der Waals surface area contributed by atoms with E-state index in [1.54, 1.807) is 23.1 Å². The molecule has 0 fully saturated rings. The van der Waals surface area contributed by atoms with Crippen molar-refractivity contribution in [3.05, 3.63) is 95.3 Å². The first-order valence-corrected chi connectivity index (χ1v) is 19.9. The molecule has 0 bridgehead atoms. The first-order valence-electron chi connectivity index (χ1n) is 19.5. The van der Waals surface area contributed by atoms with Gasteiger partial charge in [0.15, 0.2) is 5.75 Å². The quantitative estimate of drug-likeness (QED) is 0.0570. The van der Waals surface area contributed by atoms with Crippen molar-refractivity contribution in [3.63, 3.8) is 0 Å². The van der Waals surface area contributed by atoms with Gasteiger partial charge in [-0.3, -0.25) is 9.59 Å². The fourth-order valence-electron chi connectivity index (χ4n) is 6.78. The van der Waals surface area contributed by atoms with Gasteiger partial charge in [-0.05, 0) is 66.9 Å². The molecule has 1 aliphatic heterocycles. The molecule has 288 valence electrons. The smallest absolute Gasteiger partial charge is 0.335 e. The molecule has 1 aromatic heterocycles. The predicted molar refractivity (Wildman–Crippen MR) is 213 cm³/mol. The van der Waals surface area contributed by atoms with Crippen molar-refractivity contribution in [2.24, 2.45) is 0 Å². The SMILES string of the molecule is CCCCCCCCCCCCCCCCOc1ccc(Cl)cc1NC(=O)C(C(=O)N1CCc2ccccc21)n1cc(Oc2ccc(C(=O)O)cc2)cn1. The highest BCUT2D eigenvalue weighted by atomic mass is 35.5. The molecule has 1 aliphatic rings. The lowest BCUT2D eigenvalue weighted by atomic mass is 10.0. The number of ether oxygens (including phenoxy) is 2. The molecular weight excluding hydrogens is 704 g/mol. The lowest BCUT2D eigenvalue weighted by molar-refractivity contribution is -0.130. The number of hydrogen-bond donors (Lipinski definition) is 2. The number of carbonyl (C=O) groups is 3. The predicted octanol–water partition coefficient (Wildman–Crippen LogP) is 10.7. The third-order valence-electron chi connectivity index (χ3n) is 9.77. The number of aromatic nitrogens is 2. The van der Waals surface area contributed by atoms with Gasteiger partial charge in [0.25, 0.3) is 11.8 Å². The molecule has 2 N–H and O–H groups in total. The largest absolute Gasteiger partial charge is 0.491 e. The maximum Gasteiger partial charge on any atom is 0.335 e. The van der Waals surface area contributed by atoms with Crippen molar-refractivity contribution in [2.75, 3.05) is 23.4 Å². The summed E-state index contributed by atoms with van der Waals surface area (Å²) < 4.78 is 13.3. The van der Waals surface area contributed by atoms with Gasteiger partial charge in [0.2, 0.25) is 6.04 Å². The number of hydrogen-bond acceptors (Lipinski definition) is 6. The zero-order valence-electron chi connectivity index (χ0n) is 31.3. The summed E-state index contributed by atoms with van der Waals surface area (Å²) in [5.41, 5.74) is 2.26. The number of carboxylic acid groups (broad SMARTS) is 1. The Morgan fingerprint density at radius 1 is 0.833 bits per heavy atom. The van der Waals surface area contributed by atoms with E-state index in [-0.39, 0.29) is 11.3 Å². The fraction of sp³-hybridized carbons (Fsp3) is 0.442. The van der Waals surface area contributed by atoms with Crippen LogP contribution in [-0.2, 0) is 16.0 Å². The molecule has 0 aliphatic carbocycles. The van der Waals surface area contributed by atoms with E-state index in [0.717, 1.165) is 30.5 Å². The molecule has 54 heavy (non-hydrogen) atoms. The average Bonchev–Trinajstić information content (AvgIpc) is 3.81. The second-order valence-corrected chi connectivity index (χ2v) is 14.4. The lowest BCUT2D eigenvalue weighted by Gasteiger charge is -2.24. The van der Waals surface area contributed by atoms with Crippen LogP contribution in [0.4, 0.5) is 11.4 Å². The molecule has 5 rings (SSSR count). The van der Waals surface area contributed by atoms with E-state index >= 15 is 0 Å². The molecular formula is C43H53ClN4O6. The van der Waals surface area contributed by atoms with Crippen molar-refractivity contribution in [1.82, 2.24) is 9.78 Å². The maximum atomic E-state index is 14.2. The van der Waals surface area contributed by atoms with Gasteiger partial charge in [-0.25, -0.2) is 9.48 Å². The molecule has 4 aromatic rings. The number of carboxylic acids is 1. The number of unbranched alkanes of at least 4 members (excludes halogenated alkanes) is 13. The molecule has 11 heteroatoms. The summed E-state index contributed by atoms with van der Waals surface area (Å²) in [5, 5.41) is 16.9. The van der Waals surface area contributed by atoms with Gasteiger partial charge in [-0.2, -0.15) is 5.10 Å². The molecule has 2 amide bonds. The van der Waals surface area contributed by atoms with Crippen molar-refractivity contribution >= 4 is 40.8 Å². The van der Waals surface area contributed by atoms with Gasteiger partial charge in [0, 0.05) is 17.3 Å². The summed E-state index contributed by atoms with van der Waals surface area (Å²) in [4.78, 5) is 41.3. The van der Waals surface area contributed by atoms with Crippen LogP contribution in [0.2, 0.25) is 5.02 Å². The number of aromatic carboxylic acids is 1. The molecule has 1 atom stereocenters. The Bertz CT molecular complexity index is 1810. The van der Waals surface area contributed by atoms with Crippen LogP contribution in [-0.4, -0.2) is 45.8 Å². The van der Waals surface area contributed by atoms with Crippen molar-refractivity contribution in [1.29, 1.82) is 0 Å². The van der Waals surface area contributed by atoms with Crippen LogP contribution in [0.5, 0.6) is 17.2 Å². The molecule has 0 saturated heterocycles. The van der Waals surface area contributed by atoms with Crippen LogP contribution in [0.25, 0.3) is 0 Å². The summed E-state index contributed by atoms with van der Waals surface area (Å²) in [6.45, 7) is 3.17. The molecule has 0 saturated carbocycles. The minimum Gasteiger partial charge on any atom is -0.491 e. The Labute approximate surface area is 323 Å². The third-order valence-corrected chi connectivity index (χ3v) is 10.0. The van der Waals surface area contributed by atoms with Crippen molar-refractivity contribution in [2.45, 2.75) is 109 Å². The Balaban J connectivity index is 1.18. The minimum absolute atomic E-state index is 0.121. The van der Waals surface area contributed by atoms with Crippen LogP contribution in [0.3, 0.4) is 0 Å². The van der Waals surface area contributed by atoms with Crippen LogP contribution in [0.1, 0.15) is 119 Å². The third kappa shape index (κ3) is 11.8. The lowest BCUT2D eigenvalue weighted by Crippen LogP contribution is -2.42. The Morgan fingerprint density at radius 2 is 1.48 bits per heavy atom. The van der Waals surface area contributed by atoms with Crippen LogP contribution in [0, 0.1) is 0 Å². The molecule has 0 spiro atoms. The van der Waals surface area contributed by atoms with Gasteiger partial charge in [0.1, 0.15) is 11.5 Å². The number of nitrogens with zero attached hydrogens (tertiary/aromatic N) is 3. The highest BCUT2D eigenvalue weighted by Gasteiger charge is 2.37. The molecule has 1 unspecified atom stereocenters. The van der Waals surface area contributed by atoms with E-state index in [2.05, 4.69) is 17.3 Å². The average molecular weight is 757 g/mol. The van der Waals surface area contributed by atoms with E-state index in [9.17, 15) is 19.5 Å². The number of fused-ring (bicyclic) bond motifs is 1. The summed E-state index contributed by atoms with van der Waals surface area (Å²) in [6, 6.07) is 17.2. The first kappa shape index (κ1) is 40.4. The summed E-state index contributed by atoms with van der Waals surface area (Å²) in [6.07, 6.45) is 21.3. The van der Waals surface area contributed by atoms with E-state index in [4.69, 9.17) is 21.1 Å². The normalized spacial score (nSPS) is 12.7. The number of benzene rings is 3. The van der Waals surface area contributed by atoms with Crippen LogP contribution in [0.15, 0.2) is 79.1 Å². The van der Waals surface area contributed by atoms with Crippen molar-refractivity contribution in [3.8, 4) is 17.2 Å². The van der Waals surface area contributed by atoms with Crippen molar-refractivity contribution < 1.29 is 29.0 Å². The number of anilines is 2. The zero-order chi connectivity index (χ0) is 38.1. The van der Waals surface area contributed by atoms with E-state index in [1.807, 2.05) is 24.3 Å². The second-order valence-electron chi connectivity index (χ2n) is 13.9. The van der Waals surface area contributed by atoms with Gasteiger partial charge in [0.05, 0.1) is 30.3 Å². The molecule has 2 heterocycles. The van der Waals surface area contributed by atoms with Gasteiger partial charge in [-0.1, -0.05) is 120 Å².